The third-order valence-electron chi connectivity index (χ3n) is 3.63. The van der Waals surface area contributed by atoms with E-state index in [-0.39, 0.29) is 17.9 Å². The molecule has 1 aromatic rings. The molecule has 0 fully saturated rings. The summed E-state index contributed by atoms with van der Waals surface area (Å²) in [6.07, 6.45) is 0.307. The molecule has 0 aliphatic carbocycles. The Morgan fingerprint density at radius 1 is 1.43 bits per heavy atom. The van der Waals surface area contributed by atoms with Gasteiger partial charge in [0, 0.05) is 16.8 Å². The van der Waals surface area contributed by atoms with Crippen LogP contribution < -0.4 is 5.32 Å². The molecule has 0 spiro atoms. The molecule has 0 saturated heterocycles. The largest absolute Gasteiger partial charge is 0.444 e. The van der Waals surface area contributed by atoms with E-state index in [0.717, 1.165) is 6.42 Å². The van der Waals surface area contributed by atoms with E-state index in [1.165, 1.54) is 4.88 Å². The van der Waals surface area contributed by atoms with E-state index in [0.29, 0.717) is 6.54 Å². The molecule has 0 aliphatic heterocycles. The number of rotatable bonds is 6. The van der Waals surface area contributed by atoms with Crippen molar-refractivity contribution >= 4 is 17.4 Å². The first-order valence-electron chi connectivity index (χ1n) is 7.28. The highest BCUT2D eigenvalue weighted by Gasteiger charge is 2.34. The van der Waals surface area contributed by atoms with Crippen LogP contribution >= 0.6 is 11.3 Å². The Hall–Kier alpha value is -1.07. The van der Waals surface area contributed by atoms with Crippen molar-refractivity contribution in [3.05, 3.63) is 22.4 Å². The Balaban J connectivity index is 2.72. The summed E-state index contributed by atoms with van der Waals surface area (Å²) in [5.74, 6) is 0.236. The minimum atomic E-state index is -0.516. The van der Waals surface area contributed by atoms with E-state index in [9.17, 15) is 9.90 Å². The van der Waals surface area contributed by atoms with Crippen molar-refractivity contribution in [3.63, 3.8) is 0 Å². The number of carbonyl (C=O) groups is 1. The number of amides is 1. The monoisotopic (exact) mass is 313 g/mol. The summed E-state index contributed by atoms with van der Waals surface area (Å²) in [5.41, 5.74) is -0.890. The number of carbonyl (C=O) groups excluding carboxylic acids is 1. The Kier molecular flexibility index (Phi) is 6.23. The van der Waals surface area contributed by atoms with Crippen LogP contribution in [0.5, 0.6) is 0 Å². The van der Waals surface area contributed by atoms with Crippen LogP contribution in [0.1, 0.15) is 39.5 Å². The molecule has 1 amide bonds. The van der Waals surface area contributed by atoms with Crippen molar-refractivity contribution in [2.45, 2.75) is 46.6 Å². The molecule has 0 aromatic carbocycles. The molecule has 4 nitrogen and oxygen atoms in total. The quantitative estimate of drug-likeness (QED) is 0.845. The highest BCUT2D eigenvalue weighted by atomic mass is 32.1. The summed E-state index contributed by atoms with van der Waals surface area (Å²) in [4.78, 5) is 13.0. The predicted molar refractivity (Wildman–Crippen MR) is 86.6 cm³/mol. The lowest BCUT2D eigenvalue weighted by Crippen LogP contribution is -2.46. The average molecular weight is 313 g/mol. The van der Waals surface area contributed by atoms with Crippen LogP contribution in [0.2, 0.25) is 0 Å². The van der Waals surface area contributed by atoms with E-state index in [1.807, 2.05) is 32.2 Å². The summed E-state index contributed by atoms with van der Waals surface area (Å²) in [6, 6.07) is 4.06. The zero-order chi connectivity index (χ0) is 16.1. The van der Waals surface area contributed by atoms with Gasteiger partial charge in [0.05, 0.1) is 6.61 Å². The van der Waals surface area contributed by atoms with E-state index >= 15 is 0 Å². The zero-order valence-corrected chi connectivity index (χ0v) is 14.4. The summed E-state index contributed by atoms with van der Waals surface area (Å²) in [6.45, 7) is 10.1. The standard InChI is InChI=1S/C16H27NO3S/c1-12(2)16(11-18,9-13-7-6-8-21-13)10-17-14(19)20-15(3,4)5/h6-8,12,18H,9-11H2,1-5H3,(H,17,19). The average Bonchev–Trinajstić information content (AvgIpc) is 2.84. The number of nitrogens with one attached hydrogen (secondary N) is 1. The number of aliphatic hydroxyl groups excluding tert-OH is 1. The van der Waals surface area contributed by atoms with Crippen LogP contribution in [0, 0.1) is 11.3 Å². The topological polar surface area (TPSA) is 58.6 Å². The Bertz CT molecular complexity index is 437. The summed E-state index contributed by atoms with van der Waals surface area (Å²) >= 11 is 1.67. The molecule has 1 heterocycles. The van der Waals surface area contributed by atoms with Gasteiger partial charge in [-0.1, -0.05) is 19.9 Å². The van der Waals surface area contributed by atoms with Gasteiger partial charge in [-0.2, -0.15) is 0 Å². The fraction of sp³-hybridized carbons (Fsp3) is 0.688. The molecule has 1 unspecified atom stereocenters. The smallest absolute Gasteiger partial charge is 0.407 e. The number of hydrogen-bond acceptors (Lipinski definition) is 4. The van der Waals surface area contributed by atoms with Crippen molar-refractivity contribution in [3.8, 4) is 0 Å². The van der Waals surface area contributed by atoms with Gasteiger partial charge in [-0.15, -0.1) is 11.3 Å². The van der Waals surface area contributed by atoms with Crippen molar-refractivity contribution < 1.29 is 14.6 Å². The maximum Gasteiger partial charge on any atom is 0.407 e. The lowest BCUT2D eigenvalue weighted by molar-refractivity contribution is 0.0396. The van der Waals surface area contributed by atoms with E-state index < -0.39 is 11.7 Å². The van der Waals surface area contributed by atoms with Crippen LogP contribution in [-0.4, -0.2) is 30.0 Å². The zero-order valence-electron chi connectivity index (χ0n) is 13.6. The Morgan fingerprint density at radius 2 is 2.10 bits per heavy atom. The number of ether oxygens (including phenoxy) is 1. The van der Waals surface area contributed by atoms with Gasteiger partial charge in [-0.05, 0) is 44.6 Å². The predicted octanol–water partition coefficient (Wildman–Crippen LogP) is 3.45. The fourth-order valence-electron chi connectivity index (χ4n) is 2.09. The highest BCUT2D eigenvalue weighted by molar-refractivity contribution is 7.09. The molecule has 5 heteroatoms. The Morgan fingerprint density at radius 3 is 2.52 bits per heavy atom. The van der Waals surface area contributed by atoms with Crippen molar-refractivity contribution in [2.24, 2.45) is 11.3 Å². The third-order valence-corrected chi connectivity index (χ3v) is 4.51. The van der Waals surface area contributed by atoms with Gasteiger partial charge < -0.3 is 15.2 Å². The van der Waals surface area contributed by atoms with Crippen LogP contribution in [0.4, 0.5) is 4.79 Å². The summed E-state index contributed by atoms with van der Waals surface area (Å²) < 4.78 is 5.26. The molecule has 0 saturated carbocycles. The fourth-order valence-corrected chi connectivity index (χ4v) is 2.95. The number of thiophene rings is 1. The lowest BCUT2D eigenvalue weighted by Gasteiger charge is -2.36. The molecule has 0 bridgehead atoms. The number of alkyl carbamates (subject to hydrolysis) is 1. The molecule has 1 aromatic heterocycles. The SMILES string of the molecule is CC(C)C(CO)(CNC(=O)OC(C)(C)C)Cc1cccs1. The first-order chi connectivity index (χ1) is 9.68. The lowest BCUT2D eigenvalue weighted by atomic mass is 9.74. The van der Waals surface area contributed by atoms with E-state index in [2.05, 4.69) is 25.2 Å². The van der Waals surface area contributed by atoms with Gasteiger partial charge in [0.15, 0.2) is 0 Å². The second-order valence-corrected chi connectivity index (χ2v) is 7.82. The van der Waals surface area contributed by atoms with Crippen LogP contribution in [0.3, 0.4) is 0 Å². The molecular weight excluding hydrogens is 286 g/mol. The molecular formula is C16H27NO3S. The molecule has 2 N–H and O–H groups in total. The van der Waals surface area contributed by atoms with Gasteiger partial charge in [-0.3, -0.25) is 0 Å². The van der Waals surface area contributed by atoms with E-state index in [4.69, 9.17) is 4.74 Å². The van der Waals surface area contributed by atoms with Crippen molar-refractivity contribution in [1.82, 2.24) is 5.32 Å². The molecule has 0 aliphatic rings. The van der Waals surface area contributed by atoms with Crippen molar-refractivity contribution in [2.75, 3.05) is 13.2 Å². The van der Waals surface area contributed by atoms with Gasteiger partial charge in [0.25, 0.3) is 0 Å². The van der Waals surface area contributed by atoms with Gasteiger partial charge >= 0.3 is 6.09 Å². The van der Waals surface area contributed by atoms with Gasteiger partial charge in [0.2, 0.25) is 0 Å². The van der Waals surface area contributed by atoms with Gasteiger partial charge in [0.1, 0.15) is 5.60 Å². The maximum atomic E-state index is 11.8. The first kappa shape index (κ1) is 18.0. The first-order valence-corrected chi connectivity index (χ1v) is 8.16. The summed E-state index contributed by atoms with van der Waals surface area (Å²) in [5, 5.41) is 14.7. The van der Waals surface area contributed by atoms with Crippen molar-refractivity contribution in [1.29, 1.82) is 0 Å². The van der Waals surface area contributed by atoms with Crippen LogP contribution in [-0.2, 0) is 11.2 Å². The molecule has 1 rings (SSSR count). The number of hydrogen-bond donors (Lipinski definition) is 2. The Labute approximate surface area is 131 Å². The van der Waals surface area contributed by atoms with E-state index in [1.54, 1.807) is 11.3 Å². The highest BCUT2D eigenvalue weighted by Crippen LogP contribution is 2.32. The normalized spacial score (nSPS) is 14.8. The minimum Gasteiger partial charge on any atom is -0.444 e. The maximum absolute atomic E-state index is 11.8. The molecule has 21 heavy (non-hydrogen) atoms. The molecule has 120 valence electrons. The van der Waals surface area contributed by atoms with Crippen LogP contribution in [0.15, 0.2) is 17.5 Å². The minimum absolute atomic E-state index is 0.0262. The second kappa shape index (κ2) is 7.27. The van der Waals surface area contributed by atoms with Gasteiger partial charge in [-0.25, -0.2) is 4.79 Å². The molecule has 0 radical (unpaired) electrons. The third kappa shape index (κ3) is 5.67. The summed E-state index contributed by atoms with van der Waals surface area (Å²) in [7, 11) is 0. The van der Waals surface area contributed by atoms with Crippen LogP contribution in [0.25, 0.3) is 0 Å². The second-order valence-electron chi connectivity index (χ2n) is 6.79. The molecule has 1 atom stereocenters. The number of aliphatic hydroxyl groups is 1.